The second kappa shape index (κ2) is 5.04. The van der Waals surface area contributed by atoms with Gasteiger partial charge in [0, 0.05) is 12.8 Å². The molecule has 0 unspecified atom stereocenters. The van der Waals surface area contributed by atoms with Crippen molar-refractivity contribution in [1.82, 2.24) is 4.98 Å². The van der Waals surface area contributed by atoms with Gasteiger partial charge in [0.1, 0.15) is 5.82 Å². The summed E-state index contributed by atoms with van der Waals surface area (Å²) in [6.45, 7) is 3.33. The van der Waals surface area contributed by atoms with Gasteiger partial charge in [-0.3, -0.25) is 0 Å². The molecule has 0 bridgehead atoms. The van der Waals surface area contributed by atoms with E-state index in [0.717, 1.165) is 12.0 Å². The molecule has 0 amide bonds. The molecular formula is C9H13ClN2O. The lowest BCUT2D eigenvalue weighted by atomic mass is 10.2. The molecule has 1 aromatic heterocycles. The summed E-state index contributed by atoms with van der Waals surface area (Å²) in [6.07, 6.45) is 2.30. The summed E-state index contributed by atoms with van der Waals surface area (Å²) >= 11 is 5.77. The maximum atomic E-state index is 5.77. The van der Waals surface area contributed by atoms with E-state index >= 15 is 0 Å². The van der Waals surface area contributed by atoms with Gasteiger partial charge in [-0.05, 0) is 25.0 Å². The van der Waals surface area contributed by atoms with Gasteiger partial charge in [-0.1, -0.05) is 11.6 Å². The summed E-state index contributed by atoms with van der Waals surface area (Å²) in [5.74, 6) is 0.532. The number of anilines is 1. The third kappa shape index (κ3) is 3.20. The molecule has 0 aromatic carbocycles. The lowest BCUT2D eigenvalue weighted by molar-refractivity contribution is 0.151. The van der Waals surface area contributed by atoms with Crippen LogP contribution in [0.2, 0.25) is 5.02 Å². The van der Waals surface area contributed by atoms with E-state index in [9.17, 15) is 0 Å². The zero-order valence-corrected chi connectivity index (χ0v) is 8.34. The highest BCUT2D eigenvalue weighted by molar-refractivity contribution is 6.30. The highest BCUT2D eigenvalue weighted by Crippen LogP contribution is 2.15. The Labute approximate surface area is 82.9 Å². The van der Waals surface area contributed by atoms with E-state index in [1.807, 2.05) is 13.0 Å². The lowest BCUT2D eigenvalue weighted by Crippen LogP contribution is -2.02. The smallest absolute Gasteiger partial charge is 0.126 e. The highest BCUT2D eigenvalue weighted by Gasteiger charge is 2.00. The van der Waals surface area contributed by atoms with Gasteiger partial charge in [0.05, 0.1) is 11.6 Å². The molecular weight excluding hydrogens is 188 g/mol. The first-order valence-electron chi connectivity index (χ1n) is 4.21. The van der Waals surface area contributed by atoms with E-state index in [-0.39, 0.29) is 0 Å². The molecule has 0 radical (unpaired) electrons. The van der Waals surface area contributed by atoms with Crippen LogP contribution in [0.3, 0.4) is 0 Å². The maximum absolute atomic E-state index is 5.77. The average Bonchev–Trinajstić information content (AvgIpc) is 2.11. The molecule has 0 aliphatic rings. The first kappa shape index (κ1) is 10.3. The number of nitrogens with zero attached hydrogens (tertiary/aromatic N) is 1. The van der Waals surface area contributed by atoms with Crippen LogP contribution in [-0.4, -0.2) is 18.2 Å². The summed E-state index contributed by atoms with van der Waals surface area (Å²) in [7, 11) is 0. The van der Waals surface area contributed by atoms with E-state index in [4.69, 9.17) is 22.1 Å². The minimum absolute atomic E-state index is 0.532. The van der Waals surface area contributed by atoms with E-state index in [2.05, 4.69) is 4.98 Å². The molecule has 3 nitrogen and oxygen atoms in total. The van der Waals surface area contributed by atoms with Gasteiger partial charge in [-0.15, -0.1) is 0 Å². The van der Waals surface area contributed by atoms with Crippen LogP contribution in [0, 0.1) is 0 Å². The Morgan fingerprint density at radius 2 is 2.38 bits per heavy atom. The Bertz CT molecular complexity index is 278. The van der Waals surface area contributed by atoms with Crippen LogP contribution in [0.4, 0.5) is 5.82 Å². The largest absolute Gasteiger partial charge is 0.383 e. The van der Waals surface area contributed by atoms with Crippen LogP contribution in [0.25, 0.3) is 0 Å². The van der Waals surface area contributed by atoms with Gasteiger partial charge in [0.25, 0.3) is 0 Å². The molecule has 0 atom stereocenters. The van der Waals surface area contributed by atoms with Crippen LogP contribution < -0.4 is 5.73 Å². The molecule has 0 saturated heterocycles. The number of hydrogen-bond donors (Lipinski definition) is 1. The second-order valence-corrected chi connectivity index (χ2v) is 3.08. The predicted octanol–water partition coefficient (Wildman–Crippen LogP) is 1.90. The van der Waals surface area contributed by atoms with Gasteiger partial charge >= 0.3 is 0 Å². The number of halogens is 1. The van der Waals surface area contributed by atoms with Gasteiger partial charge in [-0.25, -0.2) is 4.98 Å². The van der Waals surface area contributed by atoms with Crippen LogP contribution in [-0.2, 0) is 11.2 Å². The molecule has 72 valence electrons. The molecule has 1 heterocycles. The third-order valence-electron chi connectivity index (χ3n) is 1.69. The first-order chi connectivity index (χ1) is 6.24. The van der Waals surface area contributed by atoms with Gasteiger partial charge in [0.15, 0.2) is 0 Å². The average molecular weight is 201 g/mol. The number of hydrogen-bond acceptors (Lipinski definition) is 3. The fourth-order valence-electron chi connectivity index (χ4n) is 1.02. The van der Waals surface area contributed by atoms with E-state index in [1.54, 1.807) is 6.20 Å². The molecule has 0 spiro atoms. The fraction of sp³-hybridized carbons (Fsp3) is 0.444. The number of nitrogens with two attached hydrogens (primary N) is 1. The molecule has 0 fully saturated rings. The number of rotatable bonds is 4. The number of ether oxygens (including phenoxy) is 1. The third-order valence-corrected chi connectivity index (χ3v) is 1.89. The van der Waals surface area contributed by atoms with Crippen LogP contribution in [0.1, 0.15) is 12.5 Å². The Hall–Kier alpha value is -0.800. The molecule has 0 aliphatic heterocycles. The summed E-state index contributed by atoms with van der Waals surface area (Å²) in [5.41, 5.74) is 6.59. The molecule has 0 aliphatic carbocycles. The maximum Gasteiger partial charge on any atom is 0.126 e. The quantitative estimate of drug-likeness (QED) is 0.756. The van der Waals surface area contributed by atoms with E-state index < -0.39 is 0 Å². The normalized spacial score (nSPS) is 10.3. The molecule has 4 heteroatoms. The van der Waals surface area contributed by atoms with Crippen molar-refractivity contribution in [3.8, 4) is 0 Å². The second-order valence-electron chi connectivity index (χ2n) is 2.64. The van der Waals surface area contributed by atoms with Crippen molar-refractivity contribution in [1.29, 1.82) is 0 Å². The summed E-state index contributed by atoms with van der Waals surface area (Å²) in [5, 5.41) is 0.612. The molecule has 1 rings (SSSR count). The number of nitrogen functional groups attached to an aromatic ring is 1. The molecule has 2 N–H and O–H groups in total. The summed E-state index contributed by atoms with van der Waals surface area (Å²) in [4.78, 5) is 3.95. The van der Waals surface area contributed by atoms with Crippen LogP contribution >= 0.6 is 11.6 Å². The van der Waals surface area contributed by atoms with Crippen LogP contribution in [0.5, 0.6) is 0 Å². The number of pyridine rings is 1. The fourth-order valence-corrected chi connectivity index (χ4v) is 1.20. The Morgan fingerprint density at radius 3 is 3.08 bits per heavy atom. The highest BCUT2D eigenvalue weighted by atomic mass is 35.5. The molecule has 13 heavy (non-hydrogen) atoms. The summed E-state index contributed by atoms with van der Waals surface area (Å²) < 4.78 is 5.21. The molecule has 1 aromatic rings. The number of aromatic nitrogens is 1. The summed E-state index contributed by atoms with van der Waals surface area (Å²) in [6, 6.07) is 1.82. The van der Waals surface area contributed by atoms with Crippen molar-refractivity contribution in [2.45, 2.75) is 13.3 Å². The van der Waals surface area contributed by atoms with Gasteiger partial charge < -0.3 is 10.5 Å². The SMILES string of the molecule is CCOCCc1cc(Cl)cnc1N. The van der Waals surface area contributed by atoms with Crippen molar-refractivity contribution in [3.63, 3.8) is 0 Å². The minimum atomic E-state index is 0.532. The van der Waals surface area contributed by atoms with E-state index in [1.165, 1.54) is 0 Å². The van der Waals surface area contributed by atoms with Crippen LogP contribution in [0.15, 0.2) is 12.3 Å². The Kier molecular flexibility index (Phi) is 3.99. The molecule has 0 saturated carbocycles. The first-order valence-corrected chi connectivity index (χ1v) is 4.59. The van der Waals surface area contributed by atoms with E-state index in [0.29, 0.717) is 24.1 Å². The zero-order valence-electron chi connectivity index (χ0n) is 7.59. The van der Waals surface area contributed by atoms with Crippen molar-refractivity contribution in [2.24, 2.45) is 0 Å². The van der Waals surface area contributed by atoms with Gasteiger partial charge in [0.2, 0.25) is 0 Å². The van der Waals surface area contributed by atoms with Crippen molar-refractivity contribution < 1.29 is 4.74 Å². The van der Waals surface area contributed by atoms with Crippen molar-refractivity contribution >= 4 is 17.4 Å². The lowest BCUT2D eigenvalue weighted by Gasteiger charge is -2.04. The minimum Gasteiger partial charge on any atom is -0.383 e. The zero-order chi connectivity index (χ0) is 9.68. The van der Waals surface area contributed by atoms with Gasteiger partial charge in [-0.2, -0.15) is 0 Å². The topological polar surface area (TPSA) is 48.1 Å². The Morgan fingerprint density at radius 1 is 1.62 bits per heavy atom. The van der Waals surface area contributed by atoms with Crippen molar-refractivity contribution in [3.05, 3.63) is 22.8 Å². The standard InChI is InChI=1S/C9H13ClN2O/c1-2-13-4-3-7-5-8(10)6-12-9(7)11/h5-6H,2-4H2,1H3,(H2,11,12). The monoisotopic (exact) mass is 200 g/mol. The predicted molar refractivity (Wildman–Crippen MR) is 53.9 cm³/mol. The van der Waals surface area contributed by atoms with Crippen molar-refractivity contribution in [2.75, 3.05) is 18.9 Å². The Balaban J connectivity index is 2.59.